The van der Waals surface area contributed by atoms with Gasteiger partial charge >= 0.3 is 0 Å². The first-order valence-electron chi connectivity index (χ1n) is 7.83. The lowest BCUT2D eigenvalue weighted by Gasteiger charge is -2.14. The molecule has 0 aliphatic carbocycles. The normalized spacial score (nSPS) is 11.0. The predicted octanol–water partition coefficient (Wildman–Crippen LogP) is 3.94. The van der Waals surface area contributed by atoms with Crippen LogP contribution in [0.3, 0.4) is 0 Å². The minimum Gasteiger partial charge on any atom is -0.493 e. The van der Waals surface area contributed by atoms with Crippen molar-refractivity contribution < 1.29 is 14.3 Å². The highest BCUT2D eigenvalue weighted by atomic mass is 35.5. The fraction of sp³-hybridized carbons (Fsp3) is 0.200. The van der Waals surface area contributed by atoms with Crippen molar-refractivity contribution >= 4 is 23.6 Å². The molecule has 0 saturated carbocycles. The second kappa shape index (κ2) is 8.41. The number of halogens is 1. The molecule has 134 valence electrons. The number of amides is 1. The fourth-order valence-electron chi connectivity index (χ4n) is 2.34. The highest BCUT2D eigenvalue weighted by molar-refractivity contribution is 6.32. The summed E-state index contributed by atoms with van der Waals surface area (Å²) >= 11 is 6.31. The largest absolute Gasteiger partial charge is 0.493 e. The summed E-state index contributed by atoms with van der Waals surface area (Å²) in [6.45, 7) is 4.42. The van der Waals surface area contributed by atoms with Gasteiger partial charge in [-0.1, -0.05) is 29.8 Å². The van der Waals surface area contributed by atoms with Gasteiger partial charge in [-0.2, -0.15) is 5.26 Å². The number of hydrogen-bond acceptors (Lipinski definition) is 4. The van der Waals surface area contributed by atoms with E-state index in [1.165, 1.54) is 24.3 Å². The van der Waals surface area contributed by atoms with Crippen LogP contribution in [0.25, 0.3) is 6.08 Å². The van der Waals surface area contributed by atoms with Crippen LogP contribution in [0.1, 0.15) is 22.3 Å². The van der Waals surface area contributed by atoms with E-state index in [-0.39, 0.29) is 5.57 Å². The number of nitrogens with two attached hydrogens (primary N) is 1. The molecule has 0 spiro atoms. The number of benzene rings is 2. The number of rotatable bonds is 6. The number of ether oxygens (including phenoxy) is 2. The SMILES string of the molecule is COc1cc(/C=C(\C#N)C(N)=O)cc(Cl)c1OCc1ccc(C)c(C)c1. The van der Waals surface area contributed by atoms with E-state index in [4.69, 9.17) is 32.1 Å². The van der Waals surface area contributed by atoms with Gasteiger partial charge in [-0.15, -0.1) is 0 Å². The standard InChI is InChI=1S/C20H19ClN2O3/c1-12-4-5-14(6-13(12)2)11-26-19-17(21)8-15(9-18(19)25-3)7-16(10-22)20(23)24/h4-9H,11H2,1-3H3,(H2,23,24)/b16-7+. The van der Waals surface area contributed by atoms with E-state index < -0.39 is 5.91 Å². The molecular weight excluding hydrogens is 352 g/mol. The molecule has 2 aromatic rings. The number of hydrogen-bond donors (Lipinski definition) is 1. The van der Waals surface area contributed by atoms with Crippen molar-refractivity contribution in [2.45, 2.75) is 20.5 Å². The van der Waals surface area contributed by atoms with Crippen molar-refractivity contribution in [3.05, 3.63) is 63.2 Å². The zero-order valence-electron chi connectivity index (χ0n) is 14.8. The zero-order chi connectivity index (χ0) is 19.3. The van der Waals surface area contributed by atoms with E-state index in [0.717, 1.165) is 5.56 Å². The van der Waals surface area contributed by atoms with E-state index in [1.54, 1.807) is 18.2 Å². The van der Waals surface area contributed by atoms with Crippen LogP contribution in [-0.4, -0.2) is 13.0 Å². The number of nitriles is 1. The lowest BCUT2D eigenvalue weighted by molar-refractivity contribution is -0.114. The van der Waals surface area contributed by atoms with E-state index in [2.05, 4.69) is 6.07 Å². The summed E-state index contributed by atoms with van der Waals surface area (Å²) in [4.78, 5) is 11.2. The summed E-state index contributed by atoms with van der Waals surface area (Å²) in [6.07, 6.45) is 1.35. The second-order valence-corrected chi connectivity index (χ2v) is 6.18. The maximum absolute atomic E-state index is 11.2. The van der Waals surface area contributed by atoms with Gasteiger partial charge in [-0.05, 0) is 54.3 Å². The van der Waals surface area contributed by atoms with Crippen molar-refractivity contribution in [3.8, 4) is 17.6 Å². The molecule has 6 heteroatoms. The smallest absolute Gasteiger partial charge is 0.259 e. The van der Waals surface area contributed by atoms with Crippen LogP contribution in [0, 0.1) is 25.2 Å². The number of aryl methyl sites for hydroxylation is 2. The average molecular weight is 371 g/mol. The van der Waals surface area contributed by atoms with Crippen LogP contribution in [0.15, 0.2) is 35.9 Å². The molecule has 2 aromatic carbocycles. The van der Waals surface area contributed by atoms with E-state index in [0.29, 0.717) is 28.7 Å². The summed E-state index contributed by atoms with van der Waals surface area (Å²) in [7, 11) is 1.49. The highest BCUT2D eigenvalue weighted by Gasteiger charge is 2.13. The Morgan fingerprint density at radius 3 is 2.58 bits per heavy atom. The van der Waals surface area contributed by atoms with Crippen LogP contribution in [0.2, 0.25) is 5.02 Å². The first-order valence-corrected chi connectivity index (χ1v) is 8.21. The maximum Gasteiger partial charge on any atom is 0.259 e. The van der Waals surface area contributed by atoms with Gasteiger partial charge in [0.25, 0.3) is 5.91 Å². The molecule has 0 atom stereocenters. The fourth-order valence-corrected chi connectivity index (χ4v) is 2.61. The van der Waals surface area contributed by atoms with Gasteiger partial charge in [0.05, 0.1) is 12.1 Å². The van der Waals surface area contributed by atoms with E-state index >= 15 is 0 Å². The molecule has 26 heavy (non-hydrogen) atoms. The van der Waals surface area contributed by atoms with Gasteiger partial charge in [0.15, 0.2) is 11.5 Å². The summed E-state index contributed by atoms with van der Waals surface area (Å²) in [5.41, 5.74) is 8.89. The monoisotopic (exact) mass is 370 g/mol. The first-order chi connectivity index (χ1) is 12.3. The molecular formula is C20H19ClN2O3. The van der Waals surface area contributed by atoms with Crippen LogP contribution in [0.5, 0.6) is 11.5 Å². The molecule has 0 aliphatic rings. The van der Waals surface area contributed by atoms with Gasteiger partial charge < -0.3 is 15.2 Å². The molecule has 0 saturated heterocycles. The van der Waals surface area contributed by atoms with Crippen molar-refractivity contribution in [3.63, 3.8) is 0 Å². The van der Waals surface area contributed by atoms with Crippen LogP contribution in [0.4, 0.5) is 0 Å². The molecule has 0 aromatic heterocycles. The Bertz CT molecular complexity index is 914. The molecule has 0 aliphatic heterocycles. The van der Waals surface area contributed by atoms with Gasteiger partial charge in [-0.3, -0.25) is 4.79 Å². The molecule has 1 amide bonds. The van der Waals surface area contributed by atoms with Gasteiger partial charge in [0.1, 0.15) is 18.2 Å². The molecule has 2 rings (SSSR count). The Morgan fingerprint density at radius 2 is 2.00 bits per heavy atom. The third-order valence-corrected chi connectivity index (χ3v) is 4.18. The van der Waals surface area contributed by atoms with Gasteiger partial charge in [0.2, 0.25) is 0 Å². The van der Waals surface area contributed by atoms with Crippen LogP contribution < -0.4 is 15.2 Å². The Kier molecular flexibility index (Phi) is 6.26. The Labute approximate surface area is 157 Å². The predicted molar refractivity (Wildman–Crippen MR) is 101 cm³/mol. The third-order valence-electron chi connectivity index (χ3n) is 3.90. The molecule has 0 radical (unpaired) electrons. The summed E-state index contributed by atoms with van der Waals surface area (Å²) in [5.74, 6) is -0.0193. The quantitative estimate of drug-likeness (QED) is 0.616. The van der Waals surface area contributed by atoms with E-state index in [9.17, 15) is 4.79 Å². The zero-order valence-corrected chi connectivity index (χ0v) is 15.6. The molecule has 5 nitrogen and oxygen atoms in total. The lowest BCUT2D eigenvalue weighted by Crippen LogP contribution is -2.12. The van der Waals surface area contributed by atoms with Crippen molar-refractivity contribution in [1.29, 1.82) is 5.26 Å². The molecule has 0 heterocycles. The summed E-state index contributed by atoms with van der Waals surface area (Å²) in [5, 5.41) is 9.26. The Morgan fingerprint density at radius 1 is 1.27 bits per heavy atom. The van der Waals surface area contributed by atoms with Crippen molar-refractivity contribution in [1.82, 2.24) is 0 Å². The Balaban J connectivity index is 2.30. The molecule has 0 fully saturated rings. The summed E-state index contributed by atoms with van der Waals surface area (Å²) < 4.78 is 11.2. The first kappa shape index (κ1) is 19.4. The topological polar surface area (TPSA) is 85.3 Å². The minimum atomic E-state index is -0.808. The van der Waals surface area contributed by atoms with Crippen molar-refractivity contribution in [2.75, 3.05) is 7.11 Å². The maximum atomic E-state index is 11.2. The molecule has 2 N–H and O–H groups in total. The lowest BCUT2D eigenvalue weighted by atomic mass is 10.1. The number of carbonyl (C=O) groups is 1. The second-order valence-electron chi connectivity index (χ2n) is 5.78. The average Bonchev–Trinajstić information content (AvgIpc) is 2.60. The third kappa shape index (κ3) is 4.56. The number of nitrogens with zero attached hydrogens (tertiary/aromatic N) is 1. The van der Waals surface area contributed by atoms with Gasteiger partial charge in [-0.25, -0.2) is 0 Å². The van der Waals surface area contributed by atoms with Crippen LogP contribution >= 0.6 is 11.6 Å². The van der Waals surface area contributed by atoms with Gasteiger partial charge in [0, 0.05) is 0 Å². The number of primary amides is 1. The highest BCUT2D eigenvalue weighted by Crippen LogP contribution is 2.37. The number of carbonyl (C=O) groups excluding carboxylic acids is 1. The Hall–Kier alpha value is -2.97. The summed E-state index contributed by atoms with van der Waals surface area (Å²) in [6, 6.07) is 11.0. The minimum absolute atomic E-state index is 0.174. The molecule has 0 bridgehead atoms. The van der Waals surface area contributed by atoms with Crippen LogP contribution in [-0.2, 0) is 11.4 Å². The molecule has 0 unspecified atom stereocenters. The van der Waals surface area contributed by atoms with E-state index in [1.807, 2.05) is 26.0 Å². The van der Waals surface area contributed by atoms with Crippen molar-refractivity contribution in [2.24, 2.45) is 5.73 Å². The number of methoxy groups -OCH3 is 1.